The predicted octanol–water partition coefficient (Wildman–Crippen LogP) is 4.85. The fraction of sp³-hybridized carbons (Fsp3) is 0.205. The van der Waals surface area contributed by atoms with E-state index in [2.05, 4.69) is 0 Å². The lowest BCUT2D eigenvalue weighted by molar-refractivity contribution is -0.287. The fourth-order valence-corrected chi connectivity index (χ4v) is 6.25. The number of aromatic hydroxyl groups is 5. The lowest BCUT2D eigenvalue weighted by Gasteiger charge is -2.43. The summed E-state index contributed by atoms with van der Waals surface area (Å²) in [5.74, 6) is -6.37. The van der Waals surface area contributed by atoms with Crippen LogP contribution >= 0.6 is 0 Å². The molecule has 0 unspecified atom stereocenters. The van der Waals surface area contributed by atoms with Crippen molar-refractivity contribution in [1.82, 2.24) is 0 Å². The molecule has 5 atom stereocenters. The molecule has 0 saturated carbocycles. The number of hydrogen-bond donors (Lipinski definition) is 5. The molecule has 1 aromatic heterocycles. The zero-order valence-electron chi connectivity index (χ0n) is 33.0. The molecule has 0 aliphatic carbocycles. The molecule has 2 heterocycles. The van der Waals surface area contributed by atoms with Crippen LogP contribution in [0.1, 0.15) is 25.0 Å². The van der Waals surface area contributed by atoms with Crippen LogP contribution in [0.25, 0.3) is 34.4 Å². The van der Waals surface area contributed by atoms with E-state index < -0.39 is 89.3 Å². The molecule has 5 aromatic rings. The first kappa shape index (κ1) is 43.6. The maximum absolute atomic E-state index is 14.3. The quantitative estimate of drug-likeness (QED) is 0.0602. The zero-order valence-corrected chi connectivity index (χ0v) is 33.0. The van der Waals surface area contributed by atoms with E-state index in [4.69, 9.17) is 37.6 Å². The summed E-state index contributed by atoms with van der Waals surface area (Å²) in [6.07, 6.45) is -4.42. The highest BCUT2D eigenvalue weighted by Gasteiger charge is 2.54. The normalized spacial score (nSPS) is 18.6. The second-order valence-electron chi connectivity index (χ2n) is 13.5. The maximum atomic E-state index is 14.3. The molecule has 0 spiro atoms. The minimum absolute atomic E-state index is 0.0372. The number of phenols is 5. The van der Waals surface area contributed by atoms with Crippen molar-refractivity contribution in [3.05, 3.63) is 112 Å². The van der Waals surface area contributed by atoms with E-state index in [1.165, 1.54) is 86.0 Å². The first-order chi connectivity index (χ1) is 29.6. The molecule has 1 fully saturated rings. The van der Waals surface area contributed by atoms with Gasteiger partial charge in [0.25, 0.3) is 0 Å². The van der Waals surface area contributed by atoms with Crippen molar-refractivity contribution in [2.75, 3.05) is 13.7 Å². The number of ether oxygens (including phenoxy) is 7. The summed E-state index contributed by atoms with van der Waals surface area (Å²) in [5.41, 5.74) is -0.346. The summed E-state index contributed by atoms with van der Waals surface area (Å²) in [5, 5.41) is 50.2. The molecule has 0 amide bonds. The number of methoxy groups -OCH3 is 1. The van der Waals surface area contributed by atoms with Crippen LogP contribution in [-0.2, 0) is 42.9 Å². The van der Waals surface area contributed by atoms with E-state index in [0.717, 1.165) is 38.1 Å². The van der Waals surface area contributed by atoms with Crippen molar-refractivity contribution < 1.29 is 82.3 Å². The summed E-state index contributed by atoms with van der Waals surface area (Å²) in [4.78, 5) is 66.3. The van der Waals surface area contributed by atoms with Gasteiger partial charge in [0, 0.05) is 43.7 Å². The number of benzene rings is 4. The van der Waals surface area contributed by atoms with Crippen molar-refractivity contribution in [1.29, 1.82) is 0 Å². The largest absolute Gasteiger partial charge is 0.508 e. The molecule has 0 bridgehead atoms. The van der Waals surface area contributed by atoms with Crippen LogP contribution in [0.5, 0.6) is 40.2 Å². The third-order valence-corrected chi connectivity index (χ3v) is 9.05. The zero-order chi connectivity index (χ0) is 44.7. The fourth-order valence-electron chi connectivity index (χ4n) is 6.25. The average molecular weight is 855 g/mol. The second kappa shape index (κ2) is 18.9. The Morgan fingerprint density at radius 1 is 0.677 bits per heavy atom. The number of rotatable bonds is 13. The molecule has 4 aromatic carbocycles. The molecule has 0 radical (unpaired) electrons. The highest BCUT2D eigenvalue weighted by atomic mass is 16.7. The molecule has 18 heteroatoms. The molecule has 62 heavy (non-hydrogen) atoms. The Morgan fingerprint density at radius 3 is 1.92 bits per heavy atom. The monoisotopic (exact) mass is 854 g/mol. The van der Waals surface area contributed by atoms with Crippen LogP contribution < -0.4 is 14.9 Å². The van der Waals surface area contributed by atoms with Crippen LogP contribution in [0.15, 0.2) is 100 Å². The van der Waals surface area contributed by atoms with Crippen LogP contribution in [-0.4, -0.2) is 93.8 Å². The van der Waals surface area contributed by atoms with E-state index in [-0.39, 0.29) is 39.9 Å². The first-order valence-corrected chi connectivity index (χ1v) is 18.5. The van der Waals surface area contributed by atoms with E-state index in [1.807, 2.05) is 0 Å². The molecule has 1 aliphatic heterocycles. The van der Waals surface area contributed by atoms with Gasteiger partial charge >= 0.3 is 23.9 Å². The average Bonchev–Trinajstić information content (AvgIpc) is 3.22. The summed E-state index contributed by atoms with van der Waals surface area (Å²) in [7, 11) is 1.33. The molecule has 6 rings (SSSR count). The van der Waals surface area contributed by atoms with Gasteiger partial charge < -0.3 is 63.1 Å². The van der Waals surface area contributed by atoms with Gasteiger partial charge in [0.05, 0.1) is 7.11 Å². The standard InChI is InChI=1S/C44H38O18/c1-22(45)56-21-34-40(60-35(52)17-8-25-6-15-30(50)32(18-25)55-3)42(57-23(2)46)43(61-36(53)16-7-24-4-11-27(47)12-5-24)44(59-34)62-41-38(54)37-31(51)19-29(49)20-33(37)58-39(41)26-9-13-28(48)14-10-26/h4-20,34,40,42-44,47-51H,21H2,1-3H3/b16-7-,17-8+/t34-,40-,42+,43-,44+/m1/s1. The number of esters is 4. The maximum Gasteiger partial charge on any atom is 0.331 e. The van der Waals surface area contributed by atoms with E-state index >= 15 is 0 Å². The summed E-state index contributed by atoms with van der Waals surface area (Å²) in [6, 6.07) is 17.1. The Bertz CT molecular complexity index is 2590. The Balaban J connectivity index is 1.47. The van der Waals surface area contributed by atoms with E-state index in [9.17, 15) is 49.5 Å². The summed E-state index contributed by atoms with van der Waals surface area (Å²) >= 11 is 0. The second-order valence-corrected chi connectivity index (χ2v) is 13.5. The molecular weight excluding hydrogens is 816 g/mol. The molecule has 1 saturated heterocycles. The molecule has 18 nitrogen and oxygen atoms in total. The first-order valence-electron chi connectivity index (χ1n) is 18.5. The van der Waals surface area contributed by atoms with Crippen molar-refractivity contribution in [2.45, 2.75) is 44.6 Å². The molecule has 1 aliphatic rings. The van der Waals surface area contributed by atoms with Gasteiger partial charge in [-0.2, -0.15) is 0 Å². The topological polar surface area (TPSA) is 264 Å². The minimum Gasteiger partial charge on any atom is -0.508 e. The minimum atomic E-state index is -1.99. The number of hydrogen-bond acceptors (Lipinski definition) is 18. The Kier molecular flexibility index (Phi) is 13.3. The molecule has 322 valence electrons. The van der Waals surface area contributed by atoms with E-state index in [0.29, 0.717) is 11.1 Å². The number of fused-ring (bicyclic) bond motifs is 1. The number of phenolic OH excluding ortho intramolecular Hbond substituents is 5. The van der Waals surface area contributed by atoms with Crippen LogP contribution in [0, 0.1) is 0 Å². The summed E-state index contributed by atoms with van der Waals surface area (Å²) < 4.78 is 46.0. The van der Waals surface area contributed by atoms with Crippen LogP contribution in [0.2, 0.25) is 0 Å². The molecule has 5 N–H and O–H groups in total. The lowest BCUT2D eigenvalue weighted by Crippen LogP contribution is -2.63. The van der Waals surface area contributed by atoms with Gasteiger partial charge in [-0.3, -0.25) is 14.4 Å². The van der Waals surface area contributed by atoms with Gasteiger partial charge in [0.1, 0.15) is 46.7 Å². The van der Waals surface area contributed by atoms with Gasteiger partial charge in [0.15, 0.2) is 29.5 Å². The predicted molar refractivity (Wildman–Crippen MR) is 215 cm³/mol. The highest BCUT2D eigenvalue weighted by Crippen LogP contribution is 2.39. The third-order valence-electron chi connectivity index (χ3n) is 9.05. The lowest BCUT2D eigenvalue weighted by atomic mass is 9.98. The summed E-state index contributed by atoms with van der Waals surface area (Å²) in [6.45, 7) is 1.41. The SMILES string of the molecule is COc1cc(/C=C/C(=O)O[C@H]2[C@H](OC(C)=O)[C@@H](OC(=O)/C=C\c3ccc(O)cc3)[C@H](Oc3c(-c4ccc(O)cc4)oc4cc(O)cc(O)c4c3=O)O[C@@H]2COC(C)=O)ccc1O. The smallest absolute Gasteiger partial charge is 0.331 e. The van der Waals surface area contributed by atoms with Gasteiger partial charge in [0.2, 0.25) is 23.6 Å². The van der Waals surface area contributed by atoms with Gasteiger partial charge in [-0.05, 0) is 71.8 Å². The van der Waals surface area contributed by atoms with Crippen molar-refractivity contribution >= 4 is 47.0 Å². The molecular formula is C44H38O18. The van der Waals surface area contributed by atoms with Gasteiger partial charge in [-0.15, -0.1) is 0 Å². The third kappa shape index (κ3) is 10.4. The van der Waals surface area contributed by atoms with Crippen molar-refractivity contribution in [3.63, 3.8) is 0 Å². The van der Waals surface area contributed by atoms with Crippen molar-refractivity contribution in [2.24, 2.45) is 0 Å². The van der Waals surface area contributed by atoms with Crippen molar-refractivity contribution in [3.8, 4) is 51.6 Å². The Labute approximate surface area is 350 Å². The number of carbonyl (C=O) groups excluding carboxylic acids is 4. The Morgan fingerprint density at radius 2 is 1.29 bits per heavy atom. The van der Waals surface area contributed by atoms with E-state index in [1.54, 1.807) is 0 Å². The van der Waals surface area contributed by atoms with Gasteiger partial charge in [-0.1, -0.05) is 18.2 Å². The Hall–Kier alpha value is -7.99. The van der Waals surface area contributed by atoms with Crippen LogP contribution in [0.3, 0.4) is 0 Å². The highest BCUT2D eigenvalue weighted by molar-refractivity contribution is 5.89. The van der Waals surface area contributed by atoms with Gasteiger partial charge in [-0.25, -0.2) is 9.59 Å². The number of carbonyl (C=O) groups is 4. The van der Waals surface area contributed by atoms with Crippen LogP contribution in [0.4, 0.5) is 0 Å².